The van der Waals surface area contributed by atoms with E-state index in [1.165, 1.54) is 12.1 Å². The number of Topliss-reactive ketones (excluding diaryl/α,β-unsaturated/α-hetero) is 1. The number of halogens is 1. The Hall–Kier alpha value is -3.85. The third-order valence-electron chi connectivity index (χ3n) is 5.49. The Morgan fingerprint density at radius 2 is 1.64 bits per heavy atom. The molecule has 1 fully saturated rings. The van der Waals surface area contributed by atoms with Gasteiger partial charge in [0.1, 0.15) is 6.04 Å². The molecular weight excluding hydrogens is 450 g/mol. The van der Waals surface area contributed by atoms with E-state index in [1.54, 1.807) is 30.3 Å². The lowest BCUT2D eigenvalue weighted by Crippen LogP contribution is -2.54. The van der Waals surface area contributed by atoms with Crippen molar-refractivity contribution in [3.8, 4) is 0 Å². The van der Waals surface area contributed by atoms with Crippen LogP contribution in [0.3, 0.4) is 0 Å². The zero-order chi connectivity index (χ0) is 23.7. The van der Waals surface area contributed by atoms with E-state index in [-0.39, 0.29) is 36.9 Å². The van der Waals surface area contributed by atoms with Gasteiger partial charge in [-0.25, -0.2) is 0 Å². The van der Waals surface area contributed by atoms with E-state index in [1.807, 2.05) is 0 Å². The fourth-order valence-corrected chi connectivity index (χ4v) is 3.90. The summed E-state index contributed by atoms with van der Waals surface area (Å²) in [5.41, 5.74) is 1.39. The number of carbonyl (C=O) groups is 6. The molecule has 168 valence electrons. The second kappa shape index (κ2) is 8.95. The maximum absolute atomic E-state index is 12.8. The monoisotopic (exact) mass is 467 g/mol. The second-order valence-corrected chi connectivity index (χ2v) is 8.17. The van der Waals surface area contributed by atoms with Gasteiger partial charge < -0.3 is 5.32 Å². The summed E-state index contributed by atoms with van der Waals surface area (Å²) in [4.78, 5) is 74.3. The molecule has 0 radical (unpaired) electrons. The van der Waals surface area contributed by atoms with Gasteiger partial charge in [-0.3, -0.25) is 39.0 Å². The lowest BCUT2D eigenvalue weighted by molar-refractivity contribution is -0.137. The molecule has 0 aromatic heterocycles. The van der Waals surface area contributed by atoms with Gasteiger partial charge >= 0.3 is 0 Å². The van der Waals surface area contributed by atoms with Crippen LogP contribution in [0, 0.1) is 0 Å². The zero-order valence-electron chi connectivity index (χ0n) is 17.2. The highest BCUT2D eigenvalue weighted by molar-refractivity contribution is 6.36. The van der Waals surface area contributed by atoms with E-state index in [4.69, 9.17) is 11.6 Å². The van der Waals surface area contributed by atoms with Crippen molar-refractivity contribution in [2.24, 2.45) is 0 Å². The average Bonchev–Trinajstić information content (AvgIpc) is 3.03. The van der Waals surface area contributed by atoms with Gasteiger partial charge in [-0.2, -0.15) is 0 Å². The number of piperidine rings is 1. The van der Waals surface area contributed by atoms with Gasteiger partial charge in [0.05, 0.1) is 11.1 Å². The van der Waals surface area contributed by atoms with Crippen molar-refractivity contribution in [2.75, 3.05) is 0 Å². The summed E-state index contributed by atoms with van der Waals surface area (Å²) in [6, 6.07) is 9.97. The third kappa shape index (κ3) is 4.54. The summed E-state index contributed by atoms with van der Waals surface area (Å²) in [5, 5.41) is 5.17. The molecule has 1 unspecified atom stereocenters. The van der Waals surface area contributed by atoms with Crippen molar-refractivity contribution in [1.29, 1.82) is 0 Å². The number of ketones is 1. The number of amides is 5. The number of hydrogen-bond donors (Lipinski definition) is 2. The van der Waals surface area contributed by atoms with Crippen LogP contribution in [0.2, 0.25) is 5.02 Å². The number of carbonyl (C=O) groups excluding carboxylic acids is 6. The molecular formula is C23H18ClN3O6. The molecule has 33 heavy (non-hydrogen) atoms. The van der Waals surface area contributed by atoms with E-state index in [9.17, 15) is 28.8 Å². The molecule has 9 nitrogen and oxygen atoms in total. The Balaban J connectivity index is 1.41. The summed E-state index contributed by atoms with van der Waals surface area (Å²) in [6.07, 6.45) is 0.0149. The minimum atomic E-state index is -1.05. The average molecular weight is 468 g/mol. The van der Waals surface area contributed by atoms with Gasteiger partial charge in [0.2, 0.25) is 17.6 Å². The lowest BCUT2D eigenvalue weighted by Gasteiger charge is -2.27. The highest BCUT2D eigenvalue weighted by Crippen LogP contribution is 2.28. The molecule has 4 rings (SSSR count). The Morgan fingerprint density at radius 3 is 2.33 bits per heavy atom. The van der Waals surface area contributed by atoms with Gasteiger partial charge in [-0.1, -0.05) is 29.8 Å². The van der Waals surface area contributed by atoms with Gasteiger partial charge in [-0.05, 0) is 41.8 Å². The fraction of sp³-hybridized carbons (Fsp3) is 0.217. The molecule has 0 spiro atoms. The molecule has 0 aliphatic carbocycles. The standard InChI is InChI=1S/C23H18ClN3O6/c24-14-4-1-12(2-5-14)10-18(28)21(31)25-11-13-3-6-15-16(9-13)23(33)27(22(15)32)17-7-8-19(29)26-20(17)30/h1-6,9,17H,7-8,10-11H2,(H,25,31)(H,26,29,30). The zero-order valence-corrected chi connectivity index (χ0v) is 18.0. The molecule has 1 saturated heterocycles. The van der Waals surface area contributed by atoms with Crippen LogP contribution in [0.5, 0.6) is 0 Å². The molecule has 2 aromatic carbocycles. The van der Waals surface area contributed by atoms with E-state index < -0.39 is 41.4 Å². The predicted octanol–water partition coefficient (Wildman–Crippen LogP) is 1.17. The van der Waals surface area contributed by atoms with E-state index in [0.717, 1.165) is 4.90 Å². The summed E-state index contributed by atoms with van der Waals surface area (Å²) >= 11 is 5.81. The van der Waals surface area contributed by atoms with Crippen LogP contribution in [0.25, 0.3) is 0 Å². The largest absolute Gasteiger partial charge is 0.345 e. The van der Waals surface area contributed by atoms with Crippen molar-refractivity contribution in [1.82, 2.24) is 15.5 Å². The summed E-state index contributed by atoms with van der Waals surface area (Å²) in [6.45, 7) is -0.0294. The molecule has 10 heteroatoms. The first kappa shape index (κ1) is 22.3. The van der Waals surface area contributed by atoms with E-state index >= 15 is 0 Å². The number of fused-ring (bicyclic) bond motifs is 1. The summed E-state index contributed by atoms with van der Waals surface area (Å²) in [7, 11) is 0. The van der Waals surface area contributed by atoms with Crippen molar-refractivity contribution >= 4 is 46.9 Å². The van der Waals surface area contributed by atoms with Crippen LogP contribution in [0.1, 0.15) is 44.7 Å². The van der Waals surface area contributed by atoms with Crippen molar-refractivity contribution < 1.29 is 28.8 Å². The SMILES string of the molecule is O=C1CCC(N2C(=O)c3ccc(CNC(=O)C(=O)Cc4ccc(Cl)cc4)cc3C2=O)C(=O)N1. The molecule has 2 heterocycles. The van der Waals surface area contributed by atoms with Gasteiger partial charge in [-0.15, -0.1) is 0 Å². The molecule has 2 aromatic rings. The highest BCUT2D eigenvalue weighted by Gasteiger charge is 2.44. The summed E-state index contributed by atoms with van der Waals surface area (Å²) < 4.78 is 0. The smallest absolute Gasteiger partial charge is 0.287 e. The molecule has 0 saturated carbocycles. The summed E-state index contributed by atoms with van der Waals surface area (Å²) in [5.74, 6) is -3.80. The van der Waals surface area contributed by atoms with Gasteiger partial charge in [0.15, 0.2) is 0 Å². The predicted molar refractivity (Wildman–Crippen MR) is 115 cm³/mol. The quantitative estimate of drug-likeness (QED) is 0.484. The lowest BCUT2D eigenvalue weighted by atomic mass is 10.0. The molecule has 0 bridgehead atoms. The molecule has 2 N–H and O–H groups in total. The molecule has 5 amide bonds. The first-order chi connectivity index (χ1) is 15.7. The maximum atomic E-state index is 12.8. The minimum absolute atomic E-state index is 0.0294. The Morgan fingerprint density at radius 1 is 0.970 bits per heavy atom. The highest BCUT2D eigenvalue weighted by atomic mass is 35.5. The maximum Gasteiger partial charge on any atom is 0.287 e. The molecule has 2 aliphatic rings. The van der Waals surface area contributed by atoms with Crippen LogP contribution in [0.15, 0.2) is 42.5 Å². The van der Waals surface area contributed by atoms with Crippen LogP contribution in [0.4, 0.5) is 0 Å². The van der Waals surface area contributed by atoms with E-state index in [2.05, 4.69) is 10.6 Å². The van der Waals surface area contributed by atoms with E-state index in [0.29, 0.717) is 16.1 Å². The Labute approximate surface area is 193 Å². The third-order valence-corrected chi connectivity index (χ3v) is 5.74. The Bertz CT molecular complexity index is 1210. The molecule has 1 atom stereocenters. The number of rotatable bonds is 6. The number of hydrogen-bond acceptors (Lipinski definition) is 6. The first-order valence-corrected chi connectivity index (χ1v) is 10.5. The van der Waals surface area contributed by atoms with Crippen LogP contribution < -0.4 is 10.6 Å². The number of nitrogens with one attached hydrogen (secondary N) is 2. The van der Waals surface area contributed by atoms with Crippen LogP contribution >= 0.6 is 11.6 Å². The minimum Gasteiger partial charge on any atom is -0.345 e. The van der Waals surface area contributed by atoms with Gasteiger partial charge in [0, 0.05) is 24.4 Å². The van der Waals surface area contributed by atoms with Crippen LogP contribution in [-0.2, 0) is 32.1 Å². The van der Waals surface area contributed by atoms with Crippen molar-refractivity contribution in [3.05, 3.63) is 69.7 Å². The first-order valence-electron chi connectivity index (χ1n) is 10.1. The number of benzene rings is 2. The normalized spacial score (nSPS) is 17.6. The van der Waals surface area contributed by atoms with Gasteiger partial charge in [0.25, 0.3) is 17.7 Å². The number of imide groups is 2. The second-order valence-electron chi connectivity index (χ2n) is 7.74. The fourth-order valence-electron chi connectivity index (χ4n) is 3.78. The van der Waals surface area contributed by atoms with Crippen LogP contribution in [-0.4, -0.2) is 46.3 Å². The van der Waals surface area contributed by atoms with Crippen molar-refractivity contribution in [3.63, 3.8) is 0 Å². The van der Waals surface area contributed by atoms with Crippen molar-refractivity contribution in [2.45, 2.75) is 31.8 Å². The Kier molecular flexibility index (Phi) is 6.06. The number of nitrogens with zero attached hydrogens (tertiary/aromatic N) is 1. The topological polar surface area (TPSA) is 130 Å². The molecule has 2 aliphatic heterocycles.